The maximum absolute atomic E-state index is 11.0. The molecule has 0 saturated heterocycles. The molecule has 0 aromatic heterocycles. The Bertz CT molecular complexity index is 999. The fraction of sp³-hybridized carbons (Fsp3) is 0.0435. The minimum absolute atomic E-state index is 0.291. The second-order valence-corrected chi connectivity index (χ2v) is 6.07. The number of carbonyl (C=O) groups is 1. The molecule has 1 N–H and O–H groups in total. The number of hydrogen-bond acceptors (Lipinski definition) is 3. The molecular weight excluding hydrogens is 336 g/mol. The van der Waals surface area contributed by atoms with E-state index in [0.29, 0.717) is 5.56 Å². The molecule has 0 radical (unpaired) electrons. The monoisotopic (exact) mass is 354 g/mol. The average Bonchev–Trinajstić information content (AvgIpc) is 2.69. The minimum Gasteiger partial charge on any atom is -0.477 e. The molecule has 0 amide bonds. The zero-order valence-corrected chi connectivity index (χ0v) is 14.8. The first-order chi connectivity index (χ1) is 13.1. The summed E-state index contributed by atoms with van der Waals surface area (Å²) in [6.07, 6.45) is 1.37. The van der Waals surface area contributed by atoms with E-state index in [4.69, 9.17) is 10.4 Å². The first-order valence-electron chi connectivity index (χ1n) is 8.45. The predicted octanol–water partition coefficient (Wildman–Crippen LogP) is 5.46. The molecule has 0 fully saturated rings. The highest BCUT2D eigenvalue weighted by atomic mass is 16.4. The molecule has 3 aromatic carbocycles. The summed E-state index contributed by atoms with van der Waals surface area (Å²) in [6, 6.07) is 27.4. The third-order valence-electron chi connectivity index (χ3n) is 4.12. The topological polar surface area (TPSA) is 64.3 Å². The standard InChI is InChI=1S/C23H18N2O2/c1-17-7-11-21(12-8-17)25(20-5-3-2-4-6-20)22-13-9-18(10-14-22)15-19(16-24)23(26)27/h2-15H,1H3,(H,26,27)/b19-15-. The van der Waals surface area contributed by atoms with Crippen LogP contribution in [0.25, 0.3) is 6.08 Å². The van der Waals surface area contributed by atoms with Gasteiger partial charge in [-0.15, -0.1) is 0 Å². The van der Waals surface area contributed by atoms with Crippen LogP contribution in [0.4, 0.5) is 17.1 Å². The van der Waals surface area contributed by atoms with Gasteiger partial charge in [0.2, 0.25) is 0 Å². The number of para-hydroxylation sites is 1. The smallest absolute Gasteiger partial charge is 0.346 e. The van der Waals surface area contributed by atoms with Crippen LogP contribution in [-0.2, 0) is 4.79 Å². The molecule has 0 aliphatic heterocycles. The van der Waals surface area contributed by atoms with Crippen LogP contribution in [-0.4, -0.2) is 11.1 Å². The molecule has 0 unspecified atom stereocenters. The van der Waals surface area contributed by atoms with Gasteiger partial charge in [-0.05, 0) is 55.0 Å². The van der Waals surface area contributed by atoms with Gasteiger partial charge in [-0.2, -0.15) is 5.26 Å². The van der Waals surface area contributed by atoms with Crippen LogP contribution in [0, 0.1) is 18.3 Å². The Morgan fingerprint density at radius 1 is 0.889 bits per heavy atom. The summed E-state index contributed by atoms with van der Waals surface area (Å²) in [5.41, 5.74) is 4.54. The second-order valence-electron chi connectivity index (χ2n) is 6.07. The quantitative estimate of drug-likeness (QED) is 0.488. The van der Waals surface area contributed by atoms with E-state index < -0.39 is 5.97 Å². The third-order valence-corrected chi connectivity index (χ3v) is 4.12. The van der Waals surface area contributed by atoms with E-state index in [9.17, 15) is 4.79 Å². The molecule has 0 spiro atoms. The zero-order valence-electron chi connectivity index (χ0n) is 14.8. The van der Waals surface area contributed by atoms with Gasteiger partial charge < -0.3 is 10.0 Å². The molecule has 4 heteroatoms. The Morgan fingerprint density at radius 3 is 1.93 bits per heavy atom. The molecule has 0 aliphatic carbocycles. The van der Waals surface area contributed by atoms with Gasteiger partial charge in [-0.1, -0.05) is 48.0 Å². The lowest BCUT2D eigenvalue weighted by molar-refractivity contribution is -0.132. The van der Waals surface area contributed by atoms with Crippen molar-refractivity contribution in [1.29, 1.82) is 5.26 Å². The first-order valence-corrected chi connectivity index (χ1v) is 8.45. The van der Waals surface area contributed by atoms with Crippen molar-refractivity contribution in [3.05, 3.63) is 95.6 Å². The summed E-state index contributed by atoms with van der Waals surface area (Å²) >= 11 is 0. The third kappa shape index (κ3) is 4.23. The molecule has 0 aliphatic rings. The van der Waals surface area contributed by atoms with Crippen molar-refractivity contribution in [2.24, 2.45) is 0 Å². The Kier molecular flexibility index (Phi) is 5.34. The molecule has 3 rings (SSSR count). The molecule has 0 saturated carbocycles. The summed E-state index contributed by atoms with van der Waals surface area (Å²) in [5.74, 6) is -1.23. The van der Waals surface area contributed by atoms with Crippen LogP contribution in [0.2, 0.25) is 0 Å². The van der Waals surface area contributed by atoms with Crippen LogP contribution in [0.1, 0.15) is 11.1 Å². The van der Waals surface area contributed by atoms with Gasteiger partial charge in [0.15, 0.2) is 0 Å². The van der Waals surface area contributed by atoms with E-state index in [1.54, 1.807) is 18.2 Å². The number of nitrogens with zero attached hydrogens (tertiary/aromatic N) is 2. The van der Waals surface area contributed by atoms with E-state index in [2.05, 4.69) is 29.2 Å². The van der Waals surface area contributed by atoms with Crippen LogP contribution in [0.3, 0.4) is 0 Å². The number of aliphatic carboxylic acids is 1. The van der Waals surface area contributed by atoms with E-state index >= 15 is 0 Å². The van der Waals surface area contributed by atoms with Crippen molar-refractivity contribution in [3.8, 4) is 6.07 Å². The number of carboxylic acids is 1. The average molecular weight is 354 g/mol. The molecular formula is C23H18N2O2. The van der Waals surface area contributed by atoms with E-state index in [1.807, 2.05) is 49.4 Å². The Labute approximate surface area is 158 Å². The fourth-order valence-corrected chi connectivity index (χ4v) is 2.75. The van der Waals surface area contributed by atoms with Crippen molar-refractivity contribution in [3.63, 3.8) is 0 Å². The molecule has 0 heterocycles. The van der Waals surface area contributed by atoms with E-state index in [1.165, 1.54) is 11.6 Å². The number of aryl methyl sites for hydroxylation is 1. The number of anilines is 3. The highest BCUT2D eigenvalue weighted by molar-refractivity contribution is 5.96. The largest absolute Gasteiger partial charge is 0.477 e. The van der Waals surface area contributed by atoms with Gasteiger partial charge in [-0.25, -0.2) is 4.79 Å². The van der Waals surface area contributed by atoms with Crippen LogP contribution < -0.4 is 4.90 Å². The van der Waals surface area contributed by atoms with Crippen LogP contribution in [0.15, 0.2) is 84.4 Å². The van der Waals surface area contributed by atoms with Crippen molar-refractivity contribution in [2.75, 3.05) is 4.90 Å². The summed E-state index contributed by atoms with van der Waals surface area (Å²) in [4.78, 5) is 13.1. The number of rotatable bonds is 5. The van der Waals surface area contributed by atoms with Gasteiger partial charge in [0.1, 0.15) is 11.6 Å². The van der Waals surface area contributed by atoms with Crippen LogP contribution >= 0.6 is 0 Å². The number of hydrogen-bond donors (Lipinski definition) is 1. The predicted molar refractivity (Wildman–Crippen MR) is 107 cm³/mol. The molecule has 0 bridgehead atoms. The summed E-state index contributed by atoms with van der Waals surface area (Å²) in [7, 11) is 0. The molecule has 27 heavy (non-hydrogen) atoms. The lowest BCUT2D eigenvalue weighted by Crippen LogP contribution is -2.09. The van der Waals surface area contributed by atoms with E-state index in [0.717, 1.165) is 17.1 Å². The molecule has 132 valence electrons. The second kappa shape index (κ2) is 8.03. The summed E-state index contributed by atoms with van der Waals surface area (Å²) in [5, 5.41) is 17.9. The highest BCUT2D eigenvalue weighted by Crippen LogP contribution is 2.34. The molecule has 3 aromatic rings. The van der Waals surface area contributed by atoms with Crippen molar-refractivity contribution < 1.29 is 9.90 Å². The number of carboxylic acid groups (broad SMARTS) is 1. The normalized spacial score (nSPS) is 10.9. The lowest BCUT2D eigenvalue weighted by Gasteiger charge is -2.25. The van der Waals surface area contributed by atoms with Gasteiger partial charge in [0.25, 0.3) is 0 Å². The zero-order chi connectivity index (χ0) is 19.2. The lowest BCUT2D eigenvalue weighted by atomic mass is 10.1. The molecule has 4 nitrogen and oxygen atoms in total. The van der Waals surface area contributed by atoms with Crippen LogP contribution in [0.5, 0.6) is 0 Å². The Morgan fingerprint density at radius 2 is 1.41 bits per heavy atom. The number of benzene rings is 3. The summed E-state index contributed by atoms with van der Waals surface area (Å²) in [6.45, 7) is 2.05. The summed E-state index contributed by atoms with van der Waals surface area (Å²) < 4.78 is 0. The van der Waals surface area contributed by atoms with Crippen molar-refractivity contribution in [1.82, 2.24) is 0 Å². The van der Waals surface area contributed by atoms with Gasteiger partial charge in [-0.3, -0.25) is 0 Å². The molecule has 0 atom stereocenters. The van der Waals surface area contributed by atoms with E-state index in [-0.39, 0.29) is 5.57 Å². The Hall–Kier alpha value is -3.84. The fourth-order valence-electron chi connectivity index (χ4n) is 2.75. The van der Waals surface area contributed by atoms with Crippen molar-refractivity contribution in [2.45, 2.75) is 6.92 Å². The Balaban J connectivity index is 2.02. The highest BCUT2D eigenvalue weighted by Gasteiger charge is 2.12. The van der Waals surface area contributed by atoms with Gasteiger partial charge >= 0.3 is 5.97 Å². The SMILES string of the molecule is Cc1ccc(N(c2ccccc2)c2ccc(/C=C(/C#N)C(=O)O)cc2)cc1. The van der Waals surface area contributed by atoms with Gasteiger partial charge in [0.05, 0.1) is 0 Å². The van der Waals surface area contributed by atoms with Crippen molar-refractivity contribution >= 4 is 29.1 Å². The maximum Gasteiger partial charge on any atom is 0.346 e. The first kappa shape index (κ1) is 18.0. The maximum atomic E-state index is 11.0. The number of nitriles is 1. The van der Waals surface area contributed by atoms with Gasteiger partial charge in [0, 0.05) is 17.1 Å². The minimum atomic E-state index is -1.23.